The Morgan fingerprint density at radius 3 is 3.06 bits per heavy atom. The number of aromatic hydroxyl groups is 1. The van der Waals surface area contributed by atoms with Crippen LogP contribution in [0, 0.1) is 11.8 Å². The first kappa shape index (κ1) is 11.9. The Morgan fingerprint density at radius 2 is 2.35 bits per heavy atom. The molecule has 1 heterocycles. The van der Waals surface area contributed by atoms with Crippen molar-refractivity contribution in [1.82, 2.24) is 0 Å². The molecule has 92 valence electrons. The quantitative estimate of drug-likeness (QED) is 0.824. The van der Waals surface area contributed by atoms with Gasteiger partial charge in [0.05, 0.1) is 0 Å². The van der Waals surface area contributed by atoms with E-state index < -0.39 is 0 Å². The first-order valence-corrected chi connectivity index (χ1v) is 5.84. The number of rotatable bonds is 2. The first-order chi connectivity index (χ1) is 8.16. The summed E-state index contributed by atoms with van der Waals surface area (Å²) < 4.78 is 5.31. The zero-order valence-corrected chi connectivity index (χ0v) is 9.85. The van der Waals surface area contributed by atoms with Gasteiger partial charge in [0.2, 0.25) is 5.91 Å². The highest BCUT2D eigenvalue weighted by Crippen LogP contribution is 2.24. The Hall–Kier alpha value is -1.55. The van der Waals surface area contributed by atoms with Crippen molar-refractivity contribution in [2.75, 3.05) is 18.5 Å². The zero-order chi connectivity index (χ0) is 12.3. The Balaban J connectivity index is 2.01. The summed E-state index contributed by atoms with van der Waals surface area (Å²) in [5, 5.41) is 12.1. The van der Waals surface area contributed by atoms with Crippen molar-refractivity contribution < 1.29 is 14.6 Å². The molecule has 1 aromatic carbocycles. The third-order valence-electron chi connectivity index (χ3n) is 3.09. The number of hydrogen-bond acceptors (Lipinski definition) is 3. The first-order valence-electron chi connectivity index (χ1n) is 5.84. The van der Waals surface area contributed by atoms with Crippen LogP contribution in [0.15, 0.2) is 24.3 Å². The third kappa shape index (κ3) is 2.97. The number of carbonyl (C=O) groups excluding carboxylic acids is 1. The number of phenolic OH excluding ortho intramolecular Hbond substituents is 1. The molecule has 4 heteroatoms. The van der Waals surface area contributed by atoms with Crippen LogP contribution < -0.4 is 5.32 Å². The molecule has 2 rings (SSSR count). The molecule has 0 radical (unpaired) electrons. The second-order valence-corrected chi connectivity index (χ2v) is 4.49. The maximum Gasteiger partial charge on any atom is 0.227 e. The Bertz CT molecular complexity index is 405. The predicted octanol–water partition coefficient (Wildman–Crippen LogP) is 2.00. The van der Waals surface area contributed by atoms with E-state index in [-0.39, 0.29) is 23.5 Å². The number of benzene rings is 1. The number of amides is 1. The molecule has 1 aliphatic rings. The van der Waals surface area contributed by atoms with Crippen LogP contribution in [0.2, 0.25) is 0 Å². The van der Waals surface area contributed by atoms with Gasteiger partial charge < -0.3 is 15.2 Å². The average molecular weight is 235 g/mol. The molecule has 1 saturated heterocycles. The summed E-state index contributed by atoms with van der Waals surface area (Å²) >= 11 is 0. The molecule has 1 amide bonds. The van der Waals surface area contributed by atoms with Crippen molar-refractivity contribution in [2.45, 2.75) is 13.3 Å². The summed E-state index contributed by atoms with van der Waals surface area (Å²) in [7, 11) is 0. The van der Waals surface area contributed by atoms with Gasteiger partial charge in [0, 0.05) is 30.9 Å². The Labute approximate surface area is 101 Å². The van der Waals surface area contributed by atoms with Crippen LogP contribution in [-0.2, 0) is 9.53 Å². The number of phenols is 1. The van der Waals surface area contributed by atoms with Crippen LogP contribution in [-0.4, -0.2) is 24.2 Å². The number of carbonyl (C=O) groups is 1. The maximum absolute atomic E-state index is 12.0. The molecular formula is C13H17NO3. The van der Waals surface area contributed by atoms with E-state index in [1.807, 2.05) is 6.92 Å². The van der Waals surface area contributed by atoms with Crippen LogP contribution >= 0.6 is 0 Å². The fraction of sp³-hybridized carbons (Fsp3) is 0.462. The van der Waals surface area contributed by atoms with Gasteiger partial charge in [-0.05, 0) is 24.5 Å². The molecule has 1 aliphatic heterocycles. The highest BCUT2D eigenvalue weighted by Gasteiger charge is 2.28. The molecule has 2 atom stereocenters. The van der Waals surface area contributed by atoms with Gasteiger partial charge in [0.1, 0.15) is 5.75 Å². The fourth-order valence-electron chi connectivity index (χ4n) is 2.09. The van der Waals surface area contributed by atoms with Crippen LogP contribution in [0.1, 0.15) is 13.3 Å². The van der Waals surface area contributed by atoms with Crippen LogP contribution in [0.5, 0.6) is 5.75 Å². The smallest absolute Gasteiger partial charge is 0.227 e. The van der Waals surface area contributed by atoms with E-state index >= 15 is 0 Å². The number of hydrogen-bond donors (Lipinski definition) is 2. The lowest BCUT2D eigenvalue weighted by atomic mass is 9.89. The molecule has 0 spiro atoms. The molecule has 0 aliphatic carbocycles. The monoisotopic (exact) mass is 235 g/mol. The van der Waals surface area contributed by atoms with Crippen molar-refractivity contribution in [3.05, 3.63) is 24.3 Å². The highest BCUT2D eigenvalue weighted by molar-refractivity contribution is 5.92. The van der Waals surface area contributed by atoms with Gasteiger partial charge >= 0.3 is 0 Å². The van der Waals surface area contributed by atoms with Gasteiger partial charge in [0.15, 0.2) is 0 Å². The maximum atomic E-state index is 12.0. The number of nitrogens with one attached hydrogen (secondary N) is 1. The largest absolute Gasteiger partial charge is 0.508 e. The Kier molecular flexibility index (Phi) is 3.64. The molecule has 17 heavy (non-hydrogen) atoms. The van der Waals surface area contributed by atoms with E-state index in [9.17, 15) is 9.90 Å². The van der Waals surface area contributed by atoms with E-state index in [4.69, 9.17) is 4.74 Å². The standard InChI is InChI=1S/C13H17NO3/c1-9-8-17-6-5-12(9)13(16)14-10-3-2-4-11(15)7-10/h2-4,7,9,12,15H,5-6,8H2,1H3,(H,14,16). The molecule has 1 fully saturated rings. The lowest BCUT2D eigenvalue weighted by Gasteiger charge is -2.27. The summed E-state index contributed by atoms with van der Waals surface area (Å²) in [6, 6.07) is 6.59. The van der Waals surface area contributed by atoms with Crippen LogP contribution in [0.25, 0.3) is 0 Å². The van der Waals surface area contributed by atoms with Crippen molar-refractivity contribution in [1.29, 1.82) is 0 Å². The van der Waals surface area contributed by atoms with Gasteiger partial charge in [0.25, 0.3) is 0 Å². The second-order valence-electron chi connectivity index (χ2n) is 4.49. The molecule has 0 aromatic heterocycles. The lowest BCUT2D eigenvalue weighted by molar-refractivity contribution is -0.125. The van der Waals surface area contributed by atoms with Gasteiger partial charge in [-0.2, -0.15) is 0 Å². The van der Waals surface area contributed by atoms with Crippen molar-refractivity contribution in [3.63, 3.8) is 0 Å². The Morgan fingerprint density at radius 1 is 1.53 bits per heavy atom. The average Bonchev–Trinajstić information content (AvgIpc) is 2.29. The lowest BCUT2D eigenvalue weighted by Crippen LogP contribution is -2.34. The van der Waals surface area contributed by atoms with Gasteiger partial charge in [-0.25, -0.2) is 0 Å². The summed E-state index contributed by atoms with van der Waals surface area (Å²) in [5.74, 6) is 0.390. The van der Waals surface area contributed by atoms with Crippen molar-refractivity contribution in [3.8, 4) is 5.75 Å². The van der Waals surface area contributed by atoms with Crippen molar-refractivity contribution >= 4 is 11.6 Å². The number of ether oxygens (including phenoxy) is 1. The van der Waals surface area contributed by atoms with Gasteiger partial charge in [-0.3, -0.25) is 4.79 Å². The van der Waals surface area contributed by atoms with Gasteiger partial charge in [-0.15, -0.1) is 0 Å². The van der Waals surface area contributed by atoms with E-state index in [0.29, 0.717) is 18.9 Å². The van der Waals surface area contributed by atoms with E-state index in [0.717, 1.165) is 6.42 Å². The zero-order valence-electron chi connectivity index (χ0n) is 9.85. The summed E-state index contributed by atoms with van der Waals surface area (Å²) in [5.41, 5.74) is 0.633. The molecule has 0 saturated carbocycles. The topological polar surface area (TPSA) is 58.6 Å². The van der Waals surface area contributed by atoms with E-state index in [1.54, 1.807) is 24.3 Å². The van der Waals surface area contributed by atoms with E-state index in [2.05, 4.69) is 5.32 Å². The molecule has 4 nitrogen and oxygen atoms in total. The summed E-state index contributed by atoms with van der Waals surface area (Å²) in [6.45, 7) is 3.30. The van der Waals surface area contributed by atoms with Crippen LogP contribution in [0.4, 0.5) is 5.69 Å². The van der Waals surface area contributed by atoms with Crippen molar-refractivity contribution in [2.24, 2.45) is 11.8 Å². The minimum atomic E-state index is -0.00824. The number of anilines is 1. The minimum Gasteiger partial charge on any atom is -0.508 e. The second kappa shape index (κ2) is 5.19. The summed E-state index contributed by atoms with van der Waals surface area (Å²) in [4.78, 5) is 12.0. The molecule has 0 bridgehead atoms. The molecule has 2 N–H and O–H groups in total. The fourth-order valence-corrected chi connectivity index (χ4v) is 2.09. The predicted molar refractivity (Wildman–Crippen MR) is 64.8 cm³/mol. The molecule has 2 unspecified atom stereocenters. The van der Waals surface area contributed by atoms with Crippen LogP contribution in [0.3, 0.4) is 0 Å². The SMILES string of the molecule is CC1COCCC1C(=O)Nc1cccc(O)c1. The molecule has 1 aromatic rings. The summed E-state index contributed by atoms with van der Waals surface area (Å²) in [6.07, 6.45) is 0.756. The normalized spacial score (nSPS) is 24.3. The molecular weight excluding hydrogens is 218 g/mol. The third-order valence-corrected chi connectivity index (χ3v) is 3.09. The minimum absolute atomic E-state index is 0.00593. The highest BCUT2D eigenvalue weighted by atomic mass is 16.5. The van der Waals surface area contributed by atoms with Gasteiger partial charge in [-0.1, -0.05) is 13.0 Å². The van der Waals surface area contributed by atoms with E-state index in [1.165, 1.54) is 0 Å².